The third-order valence-electron chi connectivity index (χ3n) is 4.32. The highest BCUT2D eigenvalue weighted by atomic mass is 35.5. The molecular formula is C19H11ClF2N2O4S. The molecule has 0 aliphatic rings. The minimum Gasteiger partial charge on any atom is -0.618 e. The number of aromatic hydroxyl groups is 1. The van der Waals surface area contributed by atoms with Crippen LogP contribution in [0.25, 0.3) is 22.3 Å². The molecule has 2 heterocycles. The van der Waals surface area contributed by atoms with Crippen LogP contribution in [0.5, 0.6) is 5.75 Å². The average molecular weight is 437 g/mol. The quantitative estimate of drug-likeness (QED) is 0.391. The monoisotopic (exact) mass is 436 g/mol. The fourth-order valence-electron chi connectivity index (χ4n) is 3.06. The molecule has 4 aromatic rings. The van der Waals surface area contributed by atoms with Gasteiger partial charge in [-0.25, -0.2) is 21.2 Å². The molecule has 0 atom stereocenters. The summed E-state index contributed by atoms with van der Waals surface area (Å²) < 4.78 is 55.5. The van der Waals surface area contributed by atoms with Gasteiger partial charge in [-0.15, -0.1) is 0 Å². The second-order valence-corrected chi connectivity index (χ2v) is 8.34. The first kappa shape index (κ1) is 19.2. The fourth-order valence-corrected chi connectivity index (χ4v) is 4.87. The predicted molar refractivity (Wildman–Crippen MR) is 102 cm³/mol. The van der Waals surface area contributed by atoms with Gasteiger partial charge in [0.05, 0.1) is 5.52 Å². The normalized spacial score (nSPS) is 11.8. The summed E-state index contributed by atoms with van der Waals surface area (Å²) in [6.07, 6.45) is 1.18. The van der Waals surface area contributed by atoms with E-state index in [1.165, 1.54) is 48.7 Å². The van der Waals surface area contributed by atoms with Crippen LogP contribution in [0.2, 0.25) is 5.02 Å². The molecule has 0 radical (unpaired) electrons. The number of hydrogen-bond donors (Lipinski definition) is 1. The van der Waals surface area contributed by atoms with Crippen molar-refractivity contribution in [2.75, 3.05) is 0 Å². The third kappa shape index (κ3) is 3.08. The van der Waals surface area contributed by atoms with Crippen molar-refractivity contribution in [2.24, 2.45) is 0 Å². The molecule has 148 valence electrons. The van der Waals surface area contributed by atoms with Crippen molar-refractivity contribution in [1.82, 2.24) is 3.97 Å². The highest BCUT2D eigenvalue weighted by Gasteiger charge is 2.31. The Bertz CT molecular complexity index is 1390. The van der Waals surface area contributed by atoms with E-state index in [1.54, 1.807) is 0 Å². The summed E-state index contributed by atoms with van der Waals surface area (Å²) in [6.45, 7) is 0. The van der Waals surface area contributed by atoms with Crippen LogP contribution in [0.15, 0.2) is 65.7 Å². The van der Waals surface area contributed by atoms with Crippen LogP contribution in [0.4, 0.5) is 8.78 Å². The maximum Gasteiger partial charge on any atom is 0.272 e. The van der Waals surface area contributed by atoms with Gasteiger partial charge in [0.25, 0.3) is 10.0 Å². The van der Waals surface area contributed by atoms with Crippen LogP contribution < -0.4 is 4.73 Å². The molecule has 0 fully saturated rings. The summed E-state index contributed by atoms with van der Waals surface area (Å²) in [4.78, 5) is -0.975. The molecule has 4 rings (SSSR count). The SMILES string of the molecule is O=S(=O)(c1cc(F)cc(F)c1O)n1c(-c2cccc[n+]2[O-])cc2cc(Cl)ccc21. The molecule has 1 N–H and O–H groups in total. The Morgan fingerprint density at radius 1 is 1.07 bits per heavy atom. The van der Waals surface area contributed by atoms with Crippen molar-refractivity contribution in [2.45, 2.75) is 4.90 Å². The first-order valence-electron chi connectivity index (χ1n) is 8.13. The molecule has 0 amide bonds. The predicted octanol–water partition coefficient (Wildman–Crippen LogP) is 3.82. The summed E-state index contributed by atoms with van der Waals surface area (Å²) in [6, 6.07) is 11.0. The molecule has 0 saturated heterocycles. The zero-order valence-electron chi connectivity index (χ0n) is 14.4. The molecule has 0 aliphatic heterocycles. The van der Waals surface area contributed by atoms with Crippen LogP contribution in [-0.4, -0.2) is 17.5 Å². The summed E-state index contributed by atoms with van der Waals surface area (Å²) in [5.74, 6) is -3.84. The Kier molecular flexibility index (Phi) is 4.44. The average Bonchev–Trinajstić information content (AvgIpc) is 3.03. The highest BCUT2D eigenvalue weighted by molar-refractivity contribution is 7.90. The number of phenols is 1. The number of rotatable bonds is 3. The third-order valence-corrected chi connectivity index (χ3v) is 6.29. The molecule has 6 nitrogen and oxygen atoms in total. The Morgan fingerprint density at radius 2 is 1.83 bits per heavy atom. The summed E-state index contributed by atoms with van der Waals surface area (Å²) >= 11 is 5.99. The minimum atomic E-state index is -4.71. The number of hydrogen-bond acceptors (Lipinski definition) is 4. The van der Waals surface area contributed by atoms with Crippen molar-refractivity contribution >= 4 is 32.5 Å². The second-order valence-electron chi connectivity index (χ2n) is 6.15. The number of pyridine rings is 1. The van der Waals surface area contributed by atoms with Crippen LogP contribution in [0, 0.1) is 16.8 Å². The van der Waals surface area contributed by atoms with Gasteiger partial charge in [-0.3, -0.25) is 0 Å². The lowest BCUT2D eigenvalue weighted by Crippen LogP contribution is -2.29. The lowest BCUT2D eigenvalue weighted by Gasteiger charge is -2.13. The number of halogens is 3. The van der Waals surface area contributed by atoms with E-state index in [1.807, 2.05) is 0 Å². The Labute approximate surface area is 168 Å². The Hall–Kier alpha value is -3.17. The molecule has 2 aromatic carbocycles. The van der Waals surface area contributed by atoms with Gasteiger partial charge in [-0.1, -0.05) is 11.6 Å². The Balaban J connectivity index is 2.13. The standard InChI is InChI=1S/C19H11ClF2N2O4S/c20-12-4-5-15-11(7-12)8-17(16-3-1-2-6-23(16)26)24(15)29(27,28)18-10-13(21)9-14(22)19(18)25/h1-10,25H. The number of phenolic OH excluding ortho intramolecular Hbond substituents is 1. The topological polar surface area (TPSA) is 86.2 Å². The van der Waals surface area contributed by atoms with Crippen molar-refractivity contribution in [1.29, 1.82) is 0 Å². The minimum absolute atomic E-state index is 0.0280. The largest absolute Gasteiger partial charge is 0.618 e. The number of aromatic nitrogens is 2. The molecule has 0 unspecified atom stereocenters. The second kappa shape index (κ2) is 6.71. The van der Waals surface area contributed by atoms with E-state index < -0.39 is 32.3 Å². The molecule has 0 bridgehead atoms. The van der Waals surface area contributed by atoms with E-state index in [0.717, 1.165) is 3.97 Å². The first-order chi connectivity index (χ1) is 13.7. The van der Waals surface area contributed by atoms with Gasteiger partial charge in [-0.05, 0) is 36.4 Å². The maximum absolute atomic E-state index is 13.8. The first-order valence-corrected chi connectivity index (χ1v) is 9.95. The Morgan fingerprint density at radius 3 is 2.55 bits per heavy atom. The molecule has 29 heavy (non-hydrogen) atoms. The lowest BCUT2D eigenvalue weighted by atomic mass is 10.2. The molecule has 10 heteroatoms. The van der Waals surface area contributed by atoms with E-state index in [4.69, 9.17) is 11.6 Å². The molecule has 0 spiro atoms. The molecule has 2 aromatic heterocycles. The van der Waals surface area contributed by atoms with E-state index in [0.29, 0.717) is 27.3 Å². The van der Waals surface area contributed by atoms with Gasteiger partial charge < -0.3 is 10.3 Å². The van der Waals surface area contributed by atoms with Crippen molar-refractivity contribution in [3.05, 3.63) is 82.7 Å². The molecule has 0 aliphatic carbocycles. The zero-order valence-corrected chi connectivity index (χ0v) is 16.0. The van der Waals surface area contributed by atoms with Gasteiger partial charge >= 0.3 is 0 Å². The van der Waals surface area contributed by atoms with Gasteiger partial charge in [0.1, 0.15) is 16.4 Å². The van der Waals surface area contributed by atoms with E-state index in [2.05, 4.69) is 0 Å². The van der Waals surface area contributed by atoms with E-state index in [9.17, 15) is 27.5 Å². The molecular weight excluding hydrogens is 426 g/mol. The maximum atomic E-state index is 13.8. The van der Waals surface area contributed by atoms with Gasteiger partial charge in [0, 0.05) is 28.6 Å². The zero-order chi connectivity index (χ0) is 20.9. The van der Waals surface area contributed by atoms with Crippen LogP contribution in [-0.2, 0) is 10.0 Å². The summed E-state index contributed by atoms with van der Waals surface area (Å²) in [5, 5.41) is 22.9. The fraction of sp³-hybridized carbons (Fsp3) is 0. The van der Waals surface area contributed by atoms with Crippen LogP contribution in [0.3, 0.4) is 0 Å². The van der Waals surface area contributed by atoms with Crippen molar-refractivity contribution < 1.29 is 27.0 Å². The van der Waals surface area contributed by atoms with Crippen LogP contribution >= 0.6 is 11.6 Å². The van der Waals surface area contributed by atoms with Crippen LogP contribution in [0.1, 0.15) is 0 Å². The number of fused-ring (bicyclic) bond motifs is 1. The van der Waals surface area contributed by atoms with E-state index >= 15 is 0 Å². The van der Waals surface area contributed by atoms with E-state index in [-0.39, 0.29) is 16.9 Å². The molecule has 0 saturated carbocycles. The van der Waals surface area contributed by atoms with Gasteiger partial charge in [0.2, 0.25) is 5.69 Å². The lowest BCUT2D eigenvalue weighted by molar-refractivity contribution is -0.593. The number of nitrogens with zero attached hydrogens (tertiary/aromatic N) is 2. The van der Waals surface area contributed by atoms with Crippen molar-refractivity contribution in [3.8, 4) is 17.1 Å². The highest BCUT2D eigenvalue weighted by Crippen LogP contribution is 2.35. The van der Waals surface area contributed by atoms with Gasteiger partial charge in [-0.2, -0.15) is 4.73 Å². The van der Waals surface area contributed by atoms with Crippen molar-refractivity contribution in [3.63, 3.8) is 0 Å². The summed E-state index contributed by atoms with van der Waals surface area (Å²) in [5.41, 5.74) is 0.0130. The van der Waals surface area contributed by atoms with Gasteiger partial charge in [0.15, 0.2) is 17.8 Å². The number of benzene rings is 2. The summed E-state index contributed by atoms with van der Waals surface area (Å²) in [7, 11) is -4.71. The smallest absolute Gasteiger partial charge is 0.272 e.